The third kappa shape index (κ3) is 39.8. The number of unbranched alkanes of at least 4 members (excludes halogenated alkanes) is 10. The van der Waals surface area contributed by atoms with Crippen LogP contribution in [0.15, 0.2) is 85.1 Å². The summed E-state index contributed by atoms with van der Waals surface area (Å²) in [6, 6.07) is -1.56. The van der Waals surface area contributed by atoms with Crippen molar-refractivity contribution in [1.82, 2.24) is 0 Å². The number of phosphoric ester groups is 1. The van der Waals surface area contributed by atoms with Crippen LogP contribution in [0.1, 0.15) is 149 Å². The number of phosphoric acid groups is 1. The van der Waals surface area contributed by atoms with Gasteiger partial charge < -0.3 is 30.3 Å². The fourth-order valence-corrected chi connectivity index (χ4v) is 6.08. The molecule has 0 aromatic heterocycles. The molecule has 5 N–H and O–H groups in total. The molecule has 0 heterocycles. The maximum atomic E-state index is 12.6. The molecular weight excluding hydrogens is 773 g/mol. The summed E-state index contributed by atoms with van der Waals surface area (Å²) in [6.45, 7) is 2.44. The topological polar surface area (TPSA) is 192 Å². The number of aliphatic carboxylic acids is 1. The van der Waals surface area contributed by atoms with E-state index >= 15 is 0 Å². The zero-order valence-electron chi connectivity index (χ0n) is 35.9. The van der Waals surface area contributed by atoms with Crippen molar-refractivity contribution >= 4 is 25.7 Å². The molecule has 4 atom stereocenters. The smallest absolute Gasteiger partial charge is 0.472 e. The average Bonchev–Trinajstić information content (AvgIpc) is 3.20. The molecule has 59 heavy (non-hydrogen) atoms. The molecule has 0 spiro atoms. The van der Waals surface area contributed by atoms with E-state index < -0.39 is 63.8 Å². The van der Waals surface area contributed by atoms with Gasteiger partial charge in [0.2, 0.25) is 0 Å². The number of carboxylic acids is 1. The Morgan fingerprint density at radius 2 is 1.15 bits per heavy atom. The molecule has 336 valence electrons. The molecule has 0 saturated carbocycles. The van der Waals surface area contributed by atoms with Gasteiger partial charge in [-0.1, -0.05) is 144 Å². The first kappa shape index (κ1) is 55.6. The van der Waals surface area contributed by atoms with E-state index in [2.05, 4.69) is 79.1 Å². The number of hydrogen-bond donors (Lipinski definition) is 4. The van der Waals surface area contributed by atoms with Gasteiger partial charge in [0.1, 0.15) is 12.6 Å². The molecule has 12 nitrogen and oxygen atoms in total. The second-order valence-corrected chi connectivity index (χ2v) is 15.7. The van der Waals surface area contributed by atoms with Crippen molar-refractivity contribution in [3.63, 3.8) is 0 Å². The van der Waals surface area contributed by atoms with Crippen LogP contribution in [0, 0.1) is 0 Å². The van der Waals surface area contributed by atoms with Crippen LogP contribution in [0.4, 0.5) is 0 Å². The summed E-state index contributed by atoms with van der Waals surface area (Å²) in [7, 11) is -4.78. The maximum absolute atomic E-state index is 12.6. The Morgan fingerprint density at radius 1 is 0.627 bits per heavy atom. The highest BCUT2D eigenvalue weighted by atomic mass is 31.2. The third-order valence-electron chi connectivity index (χ3n) is 8.73. The molecule has 0 aromatic carbocycles. The van der Waals surface area contributed by atoms with Crippen LogP contribution in [0.2, 0.25) is 0 Å². The predicted octanol–water partition coefficient (Wildman–Crippen LogP) is 10.5. The first-order valence-electron chi connectivity index (χ1n) is 21.7. The molecule has 0 aromatic rings. The third-order valence-corrected chi connectivity index (χ3v) is 9.68. The van der Waals surface area contributed by atoms with E-state index in [0.29, 0.717) is 6.42 Å². The fourth-order valence-electron chi connectivity index (χ4n) is 5.30. The Hall–Kier alpha value is -3.38. The monoisotopic (exact) mass is 850 g/mol. The highest BCUT2D eigenvalue weighted by Crippen LogP contribution is 2.43. The highest BCUT2D eigenvalue weighted by Gasteiger charge is 2.28. The van der Waals surface area contributed by atoms with Gasteiger partial charge in [-0.25, -0.2) is 4.57 Å². The minimum Gasteiger partial charge on any atom is -0.480 e. The number of carbonyl (C=O) groups is 3. The van der Waals surface area contributed by atoms with Gasteiger partial charge in [-0.3, -0.25) is 23.4 Å². The molecule has 0 radical (unpaired) electrons. The number of nitrogens with two attached hydrogens (primary N) is 1. The normalized spacial score (nSPS) is 15.1. The van der Waals surface area contributed by atoms with E-state index in [1.165, 1.54) is 38.5 Å². The lowest BCUT2D eigenvalue weighted by molar-refractivity contribution is -0.161. The molecule has 0 amide bonds. The molecule has 0 bridgehead atoms. The van der Waals surface area contributed by atoms with Crippen molar-refractivity contribution in [3.05, 3.63) is 85.1 Å². The van der Waals surface area contributed by atoms with Crippen LogP contribution in [0.3, 0.4) is 0 Å². The lowest BCUT2D eigenvalue weighted by atomic mass is 10.1. The second kappa shape index (κ2) is 40.0. The van der Waals surface area contributed by atoms with Gasteiger partial charge in [0, 0.05) is 12.8 Å². The number of hydrogen-bond acceptors (Lipinski definition) is 10. The van der Waals surface area contributed by atoms with Crippen LogP contribution < -0.4 is 5.73 Å². The standard InChI is InChI=1S/C46H76NO11P/c1-3-5-7-9-11-13-15-17-18-19-20-22-24-26-28-30-32-36-44(49)55-38-42(39-56-59(53,54)57-40-43(47)46(51)52)58-45(50)37-33-35-41(48)34-31-29-27-25-23-21-16-14-12-10-8-6-4-2/h6,8,11-14,17-18,21,23,27,29,31,34,41-43,48H,3-5,7,9-10,15-16,19-20,22,24-26,28,30,32-33,35-40,47H2,1-2H3,(H,51,52)(H,53,54)/b8-6-,13-11-,14-12-,18-17-,23-21-,29-27-,34-31+/t41?,42-,43+/m1/s1. The highest BCUT2D eigenvalue weighted by molar-refractivity contribution is 7.47. The Balaban J connectivity index is 4.59. The van der Waals surface area contributed by atoms with Gasteiger partial charge in [0.25, 0.3) is 0 Å². The number of aliphatic hydroxyl groups excluding tert-OH is 1. The van der Waals surface area contributed by atoms with E-state index in [0.717, 1.165) is 64.2 Å². The molecule has 0 saturated heterocycles. The summed E-state index contributed by atoms with van der Waals surface area (Å²) in [5.41, 5.74) is 5.32. The fraction of sp³-hybridized carbons (Fsp3) is 0.630. The molecule has 0 rings (SSSR count). The number of aliphatic hydroxyl groups is 1. The van der Waals surface area contributed by atoms with Crippen molar-refractivity contribution in [3.8, 4) is 0 Å². The van der Waals surface area contributed by atoms with Crippen molar-refractivity contribution < 1.29 is 52.6 Å². The number of esters is 2. The van der Waals surface area contributed by atoms with E-state index in [1.54, 1.807) is 12.2 Å². The van der Waals surface area contributed by atoms with E-state index in [4.69, 9.17) is 24.8 Å². The van der Waals surface area contributed by atoms with Gasteiger partial charge in [0.05, 0.1) is 19.3 Å². The minimum absolute atomic E-state index is 0.0758. The van der Waals surface area contributed by atoms with Gasteiger partial charge >= 0.3 is 25.7 Å². The number of allylic oxidation sites excluding steroid dienone is 13. The van der Waals surface area contributed by atoms with E-state index in [9.17, 15) is 28.9 Å². The number of carboxylic acid groups (broad SMARTS) is 1. The van der Waals surface area contributed by atoms with Crippen LogP contribution in [0.25, 0.3) is 0 Å². The summed E-state index contributed by atoms with van der Waals surface area (Å²) in [5, 5.41) is 19.2. The zero-order chi connectivity index (χ0) is 43.7. The van der Waals surface area contributed by atoms with Crippen LogP contribution in [0.5, 0.6) is 0 Å². The van der Waals surface area contributed by atoms with Crippen LogP contribution in [-0.4, -0.2) is 71.1 Å². The summed E-state index contributed by atoms with van der Waals surface area (Å²) >= 11 is 0. The van der Waals surface area contributed by atoms with E-state index in [1.807, 2.05) is 12.2 Å². The van der Waals surface area contributed by atoms with Crippen LogP contribution in [-0.2, 0) is 37.5 Å². The second-order valence-electron chi connectivity index (χ2n) is 14.3. The van der Waals surface area contributed by atoms with Gasteiger partial charge in [0.15, 0.2) is 6.10 Å². The Kier molecular flexibility index (Phi) is 37.8. The lowest BCUT2D eigenvalue weighted by Gasteiger charge is -2.20. The lowest BCUT2D eigenvalue weighted by Crippen LogP contribution is -2.34. The summed E-state index contributed by atoms with van der Waals surface area (Å²) < 4.78 is 32.5. The first-order chi connectivity index (χ1) is 28.5. The summed E-state index contributed by atoms with van der Waals surface area (Å²) in [4.78, 5) is 46.0. The number of ether oxygens (including phenoxy) is 2. The summed E-state index contributed by atoms with van der Waals surface area (Å²) in [5.74, 6) is -2.63. The summed E-state index contributed by atoms with van der Waals surface area (Å²) in [6.07, 6.45) is 45.3. The largest absolute Gasteiger partial charge is 0.480 e. The van der Waals surface area contributed by atoms with Crippen molar-refractivity contribution in [1.29, 1.82) is 0 Å². The van der Waals surface area contributed by atoms with Crippen molar-refractivity contribution in [2.75, 3.05) is 19.8 Å². The van der Waals surface area contributed by atoms with Crippen molar-refractivity contribution in [2.45, 2.75) is 167 Å². The quantitative estimate of drug-likeness (QED) is 0.0151. The van der Waals surface area contributed by atoms with Gasteiger partial charge in [-0.15, -0.1) is 0 Å². The predicted molar refractivity (Wildman–Crippen MR) is 236 cm³/mol. The van der Waals surface area contributed by atoms with Gasteiger partial charge in [-0.2, -0.15) is 0 Å². The number of carbonyl (C=O) groups excluding carboxylic acids is 2. The first-order valence-corrected chi connectivity index (χ1v) is 23.2. The zero-order valence-corrected chi connectivity index (χ0v) is 36.8. The Bertz CT molecular complexity index is 1340. The average molecular weight is 850 g/mol. The van der Waals surface area contributed by atoms with E-state index in [-0.39, 0.29) is 25.7 Å². The molecule has 0 aliphatic carbocycles. The maximum Gasteiger partial charge on any atom is 0.472 e. The molecule has 0 fully saturated rings. The Morgan fingerprint density at radius 3 is 1.76 bits per heavy atom. The van der Waals surface area contributed by atoms with Crippen LogP contribution >= 0.6 is 7.82 Å². The molecular formula is C46H76NO11P. The molecule has 2 unspecified atom stereocenters. The Labute approximate surface area is 355 Å². The SMILES string of the molecule is CC/C=C\C/C=C\C/C=C\C/C=C\C=C\C(O)CCCC(=O)O[C@H](COC(=O)CCCCCCCCC/C=C\C/C=C\CCCCC)COP(=O)(O)OC[C@H](N)C(=O)O. The molecule has 0 aliphatic rings. The van der Waals surface area contributed by atoms with Gasteiger partial charge in [-0.05, 0) is 77.0 Å². The molecule has 13 heteroatoms. The minimum atomic E-state index is -4.78. The van der Waals surface area contributed by atoms with Crippen molar-refractivity contribution in [2.24, 2.45) is 5.73 Å². The molecule has 0 aliphatic heterocycles. The number of rotatable bonds is 39.